The van der Waals surface area contributed by atoms with Gasteiger partial charge in [0, 0.05) is 20.2 Å². The molecule has 7 heteroatoms. The fourth-order valence-corrected chi connectivity index (χ4v) is 1.68. The van der Waals surface area contributed by atoms with Crippen LogP contribution in [0.3, 0.4) is 0 Å². The molecule has 0 aliphatic rings. The Morgan fingerprint density at radius 2 is 1.93 bits per heavy atom. The van der Waals surface area contributed by atoms with Gasteiger partial charge in [-0.05, 0) is 6.54 Å². The first-order valence-electron chi connectivity index (χ1n) is 4.29. The second-order valence-corrected chi connectivity index (χ2v) is 4.49. The van der Waals surface area contributed by atoms with E-state index in [0.717, 1.165) is 6.54 Å². The van der Waals surface area contributed by atoms with Gasteiger partial charge >= 0.3 is 0 Å². The Balaban J connectivity index is 0. The van der Waals surface area contributed by atoms with Crippen LogP contribution in [0.4, 0.5) is 0 Å². The lowest BCUT2D eigenvalue weighted by atomic mass is 10.6. The van der Waals surface area contributed by atoms with Crippen molar-refractivity contribution in [3.8, 4) is 0 Å². The van der Waals surface area contributed by atoms with Crippen molar-refractivity contribution in [1.29, 1.82) is 0 Å². The zero-order valence-corrected chi connectivity index (χ0v) is 10.2. The molecule has 0 amide bonds. The van der Waals surface area contributed by atoms with Crippen LogP contribution >= 0.6 is 12.4 Å². The van der Waals surface area contributed by atoms with Crippen LogP contribution in [-0.2, 0) is 14.8 Å². The summed E-state index contributed by atoms with van der Waals surface area (Å²) in [6, 6.07) is 0. The van der Waals surface area contributed by atoms with Crippen molar-refractivity contribution < 1.29 is 13.2 Å². The number of methoxy groups -OCH3 is 1. The summed E-state index contributed by atoms with van der Waals surface area (Å²) in [6.07, 6.45) is 0. The van der Waals surface area contributed by atoms with E-state index in [1.807, 2.05) is 6.92 Å². The highest BCUT2D eigenvalue weighted by Crippen LogP contribution is 1.82. The van der Waals surface area contributed by atoms with Crippen LogP contribution in [-0.4, -0.2) is 47.5 Å². The number of sulfonamides is 1. The summed E-state index contributed by atoms with van der Waals surface area (Å²) in [5.41, 5.74) is 0. The van der Waals surface area contributed by atoms with E-state index in [1.165, 1.54) is 7.11 Å². The predicted octanol–water partition coefficient (Wildman–Crippen LogP) is -0.416. The van der Waals surface area contributed by atoms with Gasteiger partial charge in [-0.2, -0.15) is 0 Å². The lowest BCUT2D eigenvalue weighted by molar-refractivity contribution is 0.217. The summed E-state index contributed by atoms with van der Waals surface area (Å²) >= 11 is 0. The molecule has 0 radical (unpaired) electrons. The van der Waals surface area contributed by atoms with Crippen molar-refractivity contribution in [2.45, 2.75) is 6.92 Å². The van der Waals surface area contributed by atoms with Crippen LogP contribution < -0.4 is 10.0 Å². The average Bonchev–Trinajstić information content (AvgIpc) is 2.09. The molecule has 0 rings (SSSR count). The normalized spacial score (nSPS) is 11.0. The average molecular weight is 247 g/mol. The van der Waals surface area contributed by atoms with Gasteiger partial charge in [-0.25, -0.2) is 13.1 Å². The lowest BCUT2D eigenvalue weighted by Crippen LogP contribution is -2.34. The van der Waals surface area contributed by atoms with E-state index < -0.39 is 10.0 Å². The highest BCUT2D eigenvalue weighted by molar-refractivity contribution is 7.89. The number of nitrogens with one attached hydrogen (secondary N) is 2. The first kappa shape index (κ1) is 16.5. The topological polar surface area (TPSA) is 67.4 Å². The molecule has 0 heterocycles. The molecular weight excluding hydrogens is 228 g/mol. The summed E-state index contributed by atoms with van der Waals surface area (Å²) in [5.74, 6) is 0.0234. The van der Waals surface area contributed by atoms with Crippen LogP contribution in [0.5, 0.6) is 0 Å². The molecule has 0 spiro atoms. The minimum absolute atomic E-state index is 0. The maximum atomic E-state index is 11.1. The minimum atomic E-state index is -3.14. The summed E-state index contributed by atoms with van der Waals surface area (Å²) in [7, 11) is -1.66. The van der Waals surface area contributed by atoms with Crippen LogP contribution in [0.2, 0.25) is 0 Å². The number of halogens is 1. The van der Waals surface area contributed by atoms with Gasteiger partial charge in [0.1, 0.15) is 0 Å². The number of likely N-dealkylation sites (N-methyl/N-ethyl adjacent to an activating group) is 1. The molecular formula is C7H19ClN2O3S. The van der Waals surface area contributed by atoms with E-state index in [4.69, 9.17) is 0 Å². The minimum Gasteiger partial charge on any atom is -0.384 e. The van der Waals surface area contributed by atoms with E-state index in [0.29, 0.717) is 13.1 Å². The van der Waals surface area contributed by atoms with Gasteiger partial charge < -0.3 is 10.1 Å². The zero-order chi connectivity index (χ0) is 10.2. The Morgan fingerprint density at radius 3 is 2.43 bits per heavy atom. The fraction of sp³-hybridized carbons (Fsp3) is 1.00. The molecule has 88 valence electrons. The second kappa shape index (κ2) is 9.67. The van der Waals surface area contributed by atoms with Gasteiger partial charge in [0.05, 0.1) is 12.4 Å². The largest absolute Gasteiger partial charge is 0.384 e. The molecule has 0 aliphatic heterocycles. The van der Waals surface area contributed by atoms with Crippen LogP contribution in [0, 0.1) is 0 Å². The van der Waals surface area contributed by atoms with Gasteiger partial charge in [-0.3, -0.25) is 0 Å². The maximum absolute atomic E-state index is 11.1. The Hall–Kier alpha value is 0.120. The molecule has 0 aliphatic carbocycles. The SMILES string of the molecule is CCNCCNS(=O)(=O)CCOC.Cl. The molecule has 14 heavy (non-hydrogen) atoms. The molecule has 0 unspecified atom stereocenters. The quantitative estimate of drug-likeness (QED) is 0.571. The number of hydrogen-bond donors (Lipinski definition) is 2. The maximum Gasteiger partial charge on any atom is 0.213 e. The molecule has 0 aromatic heterocycles. The van der Waals surface area contributed by atoms with Crippen LogP contribution in [0.1, 0.15) is 6.92 Å². The molecule has 0 atom stereocenters. The predicted molar refractivity (Wildman–Crippen MR) is 59.5 cm³/mol. The van der Waals surface area contributed by atoms with E-state index in [1.54, 1.807) is 0 Å². The Kier molecular flexibility index (Phi) is 11.4. The third-order valence-corrected chi connectivity index (χ3v) is 2.78. The van der Waals surface area contributed by atoms with Crippen molar-refractivity contribution in [3.63, 3.8) is 0 Å². The lowest BCUT2D eigenvalue weighted by Gasteiger charge is -2.05. The molecule has 0 aromatic rings. The Morgan fingerprint density at radius 1 is 1.29 bits per heavy atom. The van der Waals surface area contributed by atoms with Crippen molar-refractivity contribution in [2.75, 3.05) is 39.1 Å². The molecule has 0 bridgehead atoms. The molecule has 2 N–H and O–H groups in total. The van der Waals surface area contributed by atoms with Crippen LogP contribution in [0.25, 0.3) is 0 Å². The van der Waals surface area contributed by atoms with E-state index in [9.17, 15) is 8.42 Å². The van der Waals surface area contributed by atoms with Crippen molar-refractivity contribution in [1.82, 2.24) is 10.0 Å². The van der Waals surface area contributed by atoms with Gasteiger partial charge in [-0.15, -0.1) is 12.4 Å². The molecule has 0 fully saturated rings. The highest BCUT2D eigenvalue weighted by atomic mass is 35.5. The standard InChI is InChI=1S/C7H18N2O3S.ClH/c1-3-8-4-5-9-13(10,11)7-6-12-2;/h8-9H,3-7H2,1-2H3;1H. The number of rotatable bonds is 8. The molecule has 5 nitrogen and oxygen atoms in total. The summed E-state index contributed by atoms with van der Waals surface area (Å²) in [4.78, 5) is 0. The first-order chi connectivity index (χ1) is 6.12. The molecule has 0 saturated heterocycles. The third-order valence-electron chi connectivity index (χ3n) is 1.43. The summed E-state index contributed by atoms with van der Waals surface area (Å²) in [6.45, 7) is 4.14. The third kappa shape index (κ3) is 10.2. The highest BCUT2D eigenvalue weighted by Gasteiger charge is 2.07. The van der Waals surface area contributed by atoms with Crippen LogP contribution in [0.15, 0.2) is 0 Å². The fourth-order valence-electron chi connectivity index (χ4n) is 0.737. The smallest absolute Gasteiger partial charge is 0.213 e. The molecule has 0 aromatic carbocycles. The summed E-state index contributed by atoms with van der Waals surface area (Å²) in [5, 5.41) is 3.02. The van der Waals surface area contributed by atoms with E-state index in [2.05, 4.69) is 14.8 Å². The van der Waals surface area contributed by atoms with E-state index in [-0.39, 0.29) is 24.8 Å². The van der Waals surface area contributed by atoms with Crippen molar-refractivity contribution in [3.05, 3.63) is 0 Å². The van der Waals surface area contributed by atoms with Crippen molar-refractivity contribution in [2.24, 2.45) is 0 Å². The van der Waals surface area contributed by atoms with E-state index >= 15 is 0 Å². The van der Waals surface area contributed by atoms with Gasteiger partial charge in [-0.1, -0.05) is 6.92 Å². The number of ether oxygens (including phenoxy) is 1. The second-order valence-electron chi connectivity index (χ2n) is 2.56. The summed E-state index contributed by atoms with van der Waals surface area (Å²) < 4.78 is 29.4. The first-order valence-corrected chi connectivity index (χ1v) is 5.94. The van der Waals surface area contributed by atoms with Gasteiger partial charge in [0.2, 0.25) is 10.0 Å². The Bertz CT molecular complexity index is 209. The molecule has 0 saturated carbocycles. The van der Waals surface area contributed by atoms with Gasteiger partial charge in [0.25, 0.3) is 0 Å². The Labute approximate surface area is 92.1 Å². The number of hydrogen-bond acceptors (Lipinski definition) is 4. The van der Waals surface area contributed by atoms with Gasteiger partial charge in [0.15, 0.2) is 0 Å². The van der Waals surface area contributed by atoms with Crippen molar-refractivity contribution >= 4 is 22.4 Å². The zero-order valence-electron chi connectivity index (χ0n) is 8.58. The monoisotopic (exact) mass is 246 g/mol.